The molecule has 7 heteroatoms. The highest BCUT2D eigenvalue weighted by Gasteiger charge is 2.58. The summed E-state index contributed by atoms with van der Waals surface area (Å²) < 4.78 is 5.37. The number of fused-ring (bicyclic) bond motifs is 1. The molecular weight excluding hydrogens is 258 g/mol. The van der Waals surface area contributed by atoms with Crippen LogP contribution in [0.3, 0.4) is 0 Å². The quantitative estimate of drug-likeness (QED) is 0.712. The van der Waals surface area contributed by atoms with E-state index in [0.717, 1.165) is 6.42 Å². The van der Waals surface area contributed by atoms with Crippen LogP contribution in [0.25, 0.3) is 0 Å². The smallest absolute Gasteiger partial charge is 0.357 e. The highest BCUT2D eigenvalue weighted by Crippen LogP contribution is 2.50. The molecule has 2 heterocycles. The Morgan fingerprint density at radius 1 is 1.61 bits per heavy atom. The first-order chi connectivity index (χ1) is 8.49. The SMILES string of the molecule is CCCOC1=C(C(=O)O)N2C(=O)[C@H]([C@@H](C)O)[C@H]2S1. The maximum absolute atomic E-state index is 11.8. The highest BCUT2D eigenvalue weighted by atomic mass is 32.2. The Morgan fingerprint density at radius 2 is 2.28 bits per heavy atom. The predicted octanol–water partition coefficient (Wildman–Crippen LogP) is 0.579. The number of nitrogens with zero attached hydrogens (tertiary/aromatic N) is 1. The zero-order valence-corrected chi connectivity index (χ0v) is 10.9. The fraction of sp³-hybridized carbons (Fsp3) is 0.636. The number of β-lactam (4-membered cyclic amide) rings is 1. The van der Waals surface area contributed by atoms with Crippen molar-refractivity contribution in [1.29, 1.82) is 0 Å². The van der Waals surface area contributed by atoms with E-state index in [1.54, 1.807) is 0 Å². The van der Waals surface area contributed by atoms with Crippen molar-refractivity contribution >= 4 is 23.6 Å². The van der Waals surface area contributed by atoms with E-state index in [1.165, 1.54) is 23.6 Å². The van der Waals surface area contributed by atoms with Crippen molar-refractivity contribution in [3.8, 4) is 0 Å². The number of hydrogen-bond donors (Lipinski definition) is 2. The molecule has 0 bridgehead atoms. The first-order valence-corrected chi connectivity index (χ1v) is 6.65. The standard InChI is InChI=1S/C11H15NO5S/c1-3-4-17-11-7(10(15)16)12-8(14)6(5(2)13)9(12)18-11/h5-6,9,13H,3-4H2,1-2H3,(H,15,16)/t5-,6+,9-/m1/s1. The maximum Gasteiger partial charge on any atom is 0.357 e. The largest absolute Gasteiger partial charge is 0.485 e. The number of carboxylic acids is 1. The molecule has 1 saturated heterocycles. The van der Waals surface area contributed by atoms with Gasteiger partial charge in [0.1, 0.15) is 5.37 Å². The van der Waals surface area contributed by atoms with Crippen molar-refractivity contribution in [3.05, 3.63) is 10.8 Å². The molecule has 18 heavy (non-hydrogen) atoms. The molecule has 100 valence electrons. The molecule has 0 aromatic heterocycles. The second-order valence-electron chi connectivity index (χ2n) is 4.27. The summed E-state index contributed by atoms with van der Waals surface area (Å²) in [5.74, 6) is -2.07. The van der Waals surface area contributed by atoms with E-state index in [2.05, 4.69) is 0 Å². The molecule has 0 unspecified atom stereocenters. The Hall–Kier alpha value is -1.21. The minimum Gasteiger partial charge on any atom is -0.485 e. The van der Waals surface area contributed by atoms with Crippen molar-refractivity contribution in [3.63, 3.8) is 0 Å². The van der Waals surface area contributed by atoms with E-state index < -0.39 is 18.0 Å². The van der Waals surface area contributed by atoms with Gasteiger partial charge in [0.05, 0.1) is 18.6 Å². The molecule has 2 N–H and O–H groups in total. The molecule has 2 aliphatic heterocycles. The summed E-state index contributed by atoms with van der Waals surface area (Å²) in [6.07, 6.45) is -0.0260. The number of carbonyl (C=O) groups excluding carboxylic acids is 1. The number of carboxylic acid groups (broad SMARTS) is 1. The van der Waals surface area contributed by atoms with Gasteiger partial charge in [0.25, 0.3) is 0 Å². The molecule has 6 nitrogen and oxygen atoms in total. The number of hydrogen-bond acceptors (Lipinski definition) is 5. The maximum atomic E-state index is 11.8. The Bertz CT molecular complexity index is 420. The fourth-order valence-corrected chi connectivity index (χ4v) is 3.52. The van der Waals surface area contributed by atoms with Gasteiger partial charge < -0.3 is 14.9 Å². The van der Waals surface area contributed by atoms with E-state index in [9.17, 15) is 14.7 Å². The van der Waals surface area contributed by atoms with Crippen LogP contribution in [-0.2, 0) is 14.3 Å². The summed E-state index contributed by atoms with van der Waals surface area (Å²) in [6, 6.07) is 0. The summed E-state index contributed by atoms with van der Waals surface area (Å²) in [5, 5.41) is 18.6. The Balaban J connectivity index is 2.21. The van der Waals surface area contributed by atoms with Crippen molar-refractivity contribution in [2.75, 3.05) is 6.61 Å². The molecule has 0 aromatic carbocycles. The first kappa shape index (κ1) is 13.2. The first-order valence-electron chi connectivity index (χ1n) is 5.77. The zero-order chi connectivity index (χ0) is 13.4. The molecule has 2 rings (SSSR count). The molecular formula is C11H15NO5S. The van der Waals surface area contributed by atoms with Crippen LogP contribution < -0.4 is 0 Å². The van der Waals surface area contributed by atoms with Crippen LogP contribution in [0.15, 0.2) is 10.8 Å². The van der Waals surface area contributed by atoms with Gasteiger partial charge in [-0.15, -0.1) is 0 Å². The van der Waals surface area contributed by atoms with Crippen molar-refractivity contribution in [2.45, 2.75) is 31.7 Å². The third kappa shape index (κ3) is 1.87. The van der Waals surface area contributed by atoms with E-state index in [-0.39, 0.29) is 22.1 Å². The van der Waals surface area contributed by atoms with Crippen LogP contribution in [0.1, 0.15) is 20.3 Å². The lowest BCUT2D eigenvalue weighted by Crippen LogP contribution is -2.60. The van der Waals surface area contributed by atoms with Crippen molar-refractivity contribution in [1.82, 2.24) is 4.90 Å². The summed E-state index contributed by atoms with van der Waals surface area (Å²) in [7, 11) is 0. The van der Waals surface area contributed by atoms with Gasteiger partial charge >= 0.3 is 5.97 Å². The minimum absolute atomic E-state index is 0.0969. The molecule has 0 spiro atoms. The van der Waals surface area contributed by atoms with Gasteiger partial charge in [-0.2, -0.15) is 0 Å². The Kier molecular flexibility index (Phi) is 3.54. The number of rotatable bonds is 5. The van der Waals surface area contributed by atoms with E-state index in [4.69, 9.17) is 9.84 Å². The zero-order valence-electron chi connectivity index (χ0n) is 10.1. The number of ether oxygens (including phenoxy) is 1. The molecule has 3 atom stereocenters. The molecule has 0 aliphatic carbocycles. The van der Waals surface area contributed by atoms with Crippen molar-refractivity contribution in [2.24, 2.45) is 5.92 Å². The molecule has 0 radical (unpaired) electrons. The minimum atomic E-state index is -1.17. The third-order valence-electron chi connectivity index (χ3n) is 2.91. The second kappa shape index (κ2) is 4.81. The summed E-state index contributed by atoms with van der Waals surface area (Å²) in [4.78, 5) is 24.2. The topological polar surface area (TPSA) is 87.1 Å². The van der Waals surface area contributed by atoms with Gasteiger partial charge in [-0.25, -0.2) is 4.79 Å². The lowest BCUT2D eigenvalue weighted by atomic mass is 9.92. The van der Waals surface area contributed by atoms with Gasteiger partial charge in [-0.1, -0.05) is 18.7 Å². The molecule has 2 aliphatic rings. The number of amides is 1. The average molecular weight is 273 g/mol. The van der Waals surface area contributed by atoms with E-state index >= 15 is 0 Å². The Morgan fingerprint density at radius 3 is 2.78 bits per heavy atom. The van der Waals surface area contributed by atoms with Gasteiger partial charge in [0, 0.05) is 0 Å². The fourth-order valence-electron chi connectivity index (χ4n) is 2.05. The number of carbonyl (C=O) groups is 2. The second-order valence-corrected chi connectivity index (χ2v) is 5.36. The monoisotopic (exact) mass is 273 g/mol. The molecule has 1 amide bonds. The number of aliphatic hydroxyl groups excluding tert-OH is 1. The van der Waals surface area contributed by atoms with Gasteiger partial charge in [0.15, 0.2) is 10.8 Å². The number of aliphatic hydroxyl groups is 1. The summed E-state index contributed by atoms with van der Waals surface area (Å²) >= 11 is 1.20. The van der Waals surface area contributed by atoms with Crippen LogP contribution in [0.5, 0.6) is 0 Å². The van der Waals surface area contributed by atoms with Crippen LogP contribution >= 0.6 is 11.8 Å². The van der Waals surface area contributed by atoms with Crippen LogP contribution in [-0.4, -0.2) is 45.1 Å². The van der Waals surface area contributed by atoms with Crippen LogP contribution in [0.4, 0.5) is 0 Å². The van der Waals surface area contributed by atoms with Gasteiger partial charge in [0.2, 0.25) is 5.91 Å². The lowest BCUT2D eigenvalue weighted by molar-refractivity contribution is -0.156. The van der Waals surface area contributed by atoms with Crippen LogP contribution in [0.2, 0.25) is 0 Å². The Labute approximate surface area is 109 Å². The normalized spacial score (nSPS) is 27.9. The lowest BCUT2D eigenvalue weighted by Gasteiger charge is -2.43. The average Bonchev–Trinajstić information content (AvgIpc) is 2.60. The van der Waals surface area contributed by atoms with Crippen molar-refractivity contribution < 1.29 is 24.5 Å². The third-order valence-corrected chi connectivity index (χ3v) is 4.18. The van der Waals surface area contributed by atoms with E-state index in [1.807, 2.05) is 6.92 Å². The van der Waals surface area contributed by atoms with Gasteiger partial charge in [-0.05, 0) is 13.3 Å². The highest BCUT2D eigenvalue weighted by molar-refractivity contribution is 8.03. The number of thioether (sulfide) groups is 1. The predicted molar refractivity (Wildman–Crippen MR) is 64.3 cm³/mol. The molecule has 0 saturated carbocycles. The molecule has 1 fully saturated rings. The van der Waals surface area contributed by atoms with Gasteiger partial charge in [-0.3, -0.25) is 9.69 Å². The number of aliphatic carboxylic acids is 1. The summed E-state index contributed by atoms with van der Waals surface area (Å²) in [6.45, 7) is 3.86. The van der Waals surface area contributed by atoms with E-state index in [0.29, 0.717) is 6.61 Å². The summed E-state index contributed by atoms with van der Waals surface area (Å²) in [5.41, 5.74) is -0.0969. The van der Waals surface area contributed by atoms with Crippen LogP contribution in [0, 0.1) is 5.92 Å². The molecule has 0 aromatic rings.